The Bertz CT molecular complexity index is 370. The molecule has 3 atom stereocenters. The molecule has 0 aromatic rings. The van der Waals surface area contributed by atoms with E-state index in [1.165, 1.54) is 12.7 Å². The van der Waals surface area contributed by atoms with Crippen LogP contribution in [-0.2, 0) is 10.0 Å². The first-order valence-corrected chi connectivity index (χ1v) is 9.91. The fourth-order valence-electron chi connectivity index (χ4n) is 3.01. The Labute approximate surface area is 125 Å². The van der Waals surface area contributed by atoms with E-state index in [4.69, 9.17) is 0 Å². The number of nitrogens with zero attached hydrogens (tertiary/aromatic N) is 1. The van der Waals surface area contributed by atoms with Crippen LogP contribution >= 0.6 is 0 Å². The van der Waals surface area contributed by atoms with Crippen LogP contribution in [0.2, 0.25) is 0 Å². The average Bonchev–Trinajstić information content (AvgIpc) is 2.42. The summed E-state index contributed by atoms with van der Waals surface area (Å²) in [7, 11) is -3.02. The van der Waals surface area contributed by atoms with Gasteiger partial charge in [-0.1, -0.05) is 27.2 Å². The summed E-state index contributed by atoms with van der Waals surface area (Å²) in [5.41, 5.74) is 0. The van der Waals surface area contributed by atoms with Crippen molar-refractivity contribution in [3.8, 4) is 0 Å². The zero-order chi connectivity index (χ0) is 15.2. The largest absolute Gasteiger partial charge is 0.314 e. The molecule has 1 aliphatic rings. The first kappa shape index (κ1) is 17.9. The van der Waals surface area contributed by atoms with Gasteiger partial charge in [0, 0.05) is 19.1 Å². The molecule has 1 fully saturated rings. The lowest BCUT2D eigenvalue weighted by Gasteiger charge is -2.35. The number of rotatable bonds is 8. The third kappa shape index (κ3) is 5.70. The molecule has 0 saturated carbocycles. The number of hydrogen-bond donors (Lipinski definition) is 1. The van der Waals surface area contributed by atoms with Gasteiger partial charge in [0.1, 0.15) is 0 Å². The maximum absolute atomic E-state index is 11.7. The molecule has 1 N–H and O–H groups in total. The van der Waals surface area contributed by atoms with Gasteiger partial charge in [0.05, 0.1) is 6.26 Å². The van der Waals surface area contributed by atoms with Crippen LogP contribution in [0.3, 0.4) is 0 Å². The highest BCUT2D eigenvalue weighted by Gasteiger charge is 2.28. The van der Waals surface area contributed by atoms with E-state index in [-0.39, 0.29) is 0 Å². The van der Waals surface area contributed by atoms with E-state index in [9.17, 15) is 8.42 Å². The van der Waals surface area contributed by atoms with Gasteiger partial charge in [0.2, 0.25) is 10.0 Å². The smallest absolute Gasteiger partial charge is 0.211 e. The summed E-state index contributed by atoms with van der Waals surface area (Å²) in [5.74, 6) is 1.15. The van der Waals surface area contributed by atoms with Gasteiger partial charge in [-0.2, -0.15) is 0 Å². The molecule has 1 rings (SSSR count). The van der Waals surface area contributed by atoms with Crippen molar-refractivity contribution >= 4 is 10.0 Å². The summed E-state index contributed by atoms with van der Waals surface area (Å²) >= 11 is 0. The summed E-state index contributed by atoms with van der Waals surface area (Å²) < 4.78 is 25.0. The molecular weight excluding hydrogens is 272 g/mol. The van der Waals surface area contributed by atoms with Gasteiger partial charge in [-0.15, -0.1) is 0 Å². The Kier molecular flexibility index (Phi) is 7.48. The van der Waals surface area contributed by atoms with Gasteiger partial charge in [0.15, 0.2) is 0 Å². The Hall–Kier alpha value is -0.130. The zero-order valence-electron chi connectivity index (χ0n) is 13.6. The monoisotopic (exact) mass is 304 g/mol. The molecule has 3 unspecified atom stereocenters. The van der Waals surface area contributed by atoms with Crippen LogP contribution in [0.5, 0.6) is 0 Å². The van der Waals surface area contributed by atoms with Crippen molar-refractivity contribution in [2.75, 3.05) is 25.9 Å². The van der Waals surface area contributed by atoms with Crippen LogP contribution < -0.4 is 5.32 Å². The van der Waals surface area contributed by atoms with E-state index in [0.717, 1.165) is 32.2 Å². The van der Waals surface area contributed by atoms with Crippen molar-refractivity contribution in [1.29, 1.82) is 0 Å². The van der Waals surface area contributed by atoms with Gasteiger partial charge in [-0.25, -0.2) is 12.7 Å². The molecule has 20 heavy (non-hydrogen) atoms. The molecular formula is C15H32N2O2S. The second-order valence-electron chi connectivity index (χ2n) is 6.31. The topological polar surface area (TPSA) is 49.4 Å². The number of hydrogen-bond acceptors (Lipinski definition) is 3. The Morgan fingerprint density at radius 2 is 2.05 bits per heavy atom. The fourth-order valence-corrected chi connectivity index (χ4v) is 3.95. The van der Waals surface area contributed by atoms with E-state index in [0.29, 0.717) is 31.0 Å². The van der Waals surface area contributed by atoms with E-state index >= 15 is 0 Å². The minimum absolute atomic E-state index is 0.502. The first-order valence-electron chi connectivity index (χ1n) is 8.06. The first-order chi connectivity index (χ1) is 9.38. The number of piperidine rings is 1. The lowest BCUT2D eigenvalue weighted by molar-refractivity contribution is 0.216. The maximum Gasteiger partial charge on any atom is 0.211 e. The van der Waals surface area contributed by atoms with E-state index in [2.05, 4.69) is 26.1 Å². The highest BCUT2D eigenvalue weighted by atomic mass is 32.2. The van der Waals surface area contributed by atoms with Gasteiger partial charge >= 0.3 is 0 Å². The van der Waals surface area contributed by atoms with Gasteiger partial charge in [-0.05, 0) is 44.1 Å². The molecule has 0 aromatic heterocycles. The fraction of sp³-hybridized carbons (Fsp3) is 1.00. The molecule has 4 nitrogen and oxygen atoms in total. The standard InChI is InChI=1S/C15H32N2O2S/c1-5-9-16-15(13(3)6-2)11-14-8-7-10-17(12-14)20(4,18)19/h13-16H,5-12H2,1-4H3. The summed E-state index contributed by atoms with van der Waals surface area (Å²) in [6.07, 6.45) is 6.90. The SMILES string of the molecule is CCCNC(CC1CCCN(S(C)(=O)=O)C1)C(C)CC. The van der Waals surface area contributed by atoms with Crippen LogP contribution in [0.25, 0.3) is 0 Å². The van der Waals surface area contributed by atoms with Crippen molar-refractivity contribution in [1.82, 2.24) is 9.62 Å². The van der Waals surface area contributed by atoms with E-state index in [1.54, 1.807) is 4.31 Å². The Balaban J connectivity index is 2.58. The van der Waals surface area contributed by atoms with Gasteiger partial charge in [0.25, 0.3) is 0 Å². The Morgan fingerprint density at radius 1 is 1.35 bits per heavy atom. The van der Waals surface area contributed by atoms with Crippen molar-refractivity contribution in [3.05, 3.63) is 0 Å². The van der Waals surface area contributed by atoms with Crippen LogP contribution in [0.15, 0.2) is 0 Å². The molecule has 5 heteroatoms. The van der Waals surface area contributed by atoms with Crippen molar-refractivity contribution in [2.24, 2.45) is 11.8 Å². The van der Waals surface area contributed by atoms with E-state index in [1.807, 2.05) is 0 Å². The number of nitrogens with one attached hydrogen (secondary N) is 1. The highest BCUT2D eigenvalue weighted by Crippen LogP contribution is 2.25. The normalized spacial score (nSPS) is 24.5. The third-order valence-corrected chi connectivity index (χ3v) is 5.80. The molecule has 0 aromatic carbocycles. The summed E-state index contributed by atoms with van der Waals surface area (Å²) in [6, 6.07) is 0.518. The minimum Gasteiger partial charge on any atom is -0.314 e. The van der Waals surface area contributed by atoms with Crippen LogP contribution in [-0.4, -0.2) is 44.7 Å². The third-order valence-electron chi connectivity index (χ3n) is 4.53. The molecule has 0 spiro atoms. The molecule has 1 aliphatic heterocycles. The van der Waals surface area contributed by atoms with Crippen molar-refractivity contribution in [3.63, 3.8) is 0 Å². The predicted molar refractivity (Wildman–Crippen MR) is 85.3 cm³/mol. The summed E-state index contributed by atoms with van der Waals surface area (Å²) in [6.45, 7) is 9.18. The van der Waals surface area contributed by atoms with Gasteiger partial charge in [-0.3, -0.25) is 0 Å². The zero-order valence-corrected chi connectivity index (χ0v) is 14.4. The summed E-state index contributed by atoms with van der Waals surface area (Å²) in [4.78, 5) is 0. The van der Waals surface area contributed by atoms with Crippen molar-refractivity contribution in [2.45, 2.75) is 58.9 Å². The van der Waals surface area contributed by atoms with Crippen LogP contribution in [0.1, 0.15) is 52.9 Å². The molecule has 0 radical (unpaired) electrons. The van der Waals surface area contributed by atoms with Crippen molar-refractivity contribution < 1.29 is 8.42 Å². The number of sulfonamides is 1. The quantitative estimate of drug-likeness (QED) is 0.749. The van der Waals surface area contributed by atoms with Gasteiger partial charge < -0.3 is 5.32 Å². The highest BCUT2D eigenvalue weighted by molar-refractivity contribution is 7.88. The summed E-state index contributed by atoms with van der Waals surface area (Å²) in [5, 5.41) is 3.65. The predicted octanol–water partition coefficient (Wildman–Crippen LogP) is 2.46. The van der Waals surface area contributed by atoms with E-state index < -0.39 is 10.0 Å². The minimum atomic E-state index is -3.02. The average molecular weight is 305 g/mol. The maximum atomic E-state index is 11.7. The Morgan fingerprint density at radius 3 is 2.60 bits per heavy atom. The molecule has 0 aliphatic carbocycles. The lowest BCUT2D eigenvalue weighted by atomic mass is 9.86. The van der Waals surface area contributed by atoms with Crippen LogP contribution in [0, 0.1) is 11.8 Å². The second kappa shape index (κ2) is 8.35. The molecule has 1 saturated heterocycles. The lowest BCUT2D eigenvalue weighted by Crippen LogP contribution is -2.43. The molecule has 0 bridgehead atoms. The molecule has 120 valence electrons. The second-order valence-corrected chi connectivity index (χ2v) is 8.29. The molecule has 0 amide bonds. The molecule has 1 heterocycles. The van der Waals surface area contributed by atoms with Crippen LogP contribution in [0.4, 0.5) is 0 Å².